The van der Waals surface area contributed by atoms with Crippen LogP contribution >= 0.6 is 11.8 Å². The number of hydrogen-bond donors (Lipinski definition) is 1. The van der Waals surface area contributed by atoms with Crippen molar-refractivity contribution < 1.29 is 14.3 Å². The number of nitrogens with one attached hydrogen (secondary N) is 1. The second-order valence-corrected chi connectivity index (χ2v) is 9.71. The Kier molecular flexibility index (Phi) is 7.64. The number of ether oxygens (including phenoxy) is 1. The highest BCUT2D eigenvalue weighted by molar-refractivity contribution is 8.00. The van der Waals surface area contributed by atoms with Crippen LogP contribution in [0.25, 0.3) is 5.69 Å². The van der Waals surface area contributed by atoms with Crippen molar-refractivity contribution in [2.45, 2.75) is 31.2 Å². The number of Topliss-reactive ketones (excluding diaryl/α,β-unsaturated/α-hetero) is 1. The van der Waals surface area contributed by atoms with Crippen LogP contribution in [0.15, 0.2) is 59.8 Å². The van der Waals surface area contributed by atoms with Gasteiger partial charge in [-0.1, -0.05) is 43.8 Å². The molecule has 9 heteroatoms. The number of para-hydroxylation sites is 1. The summed E-state index contributed by atoms with van der Waals surface area (Å²) in [6.45, 7) is 8.32. The quantitative estimate of drug-likeness (QED) is 0.385. The third-order valence-corrected chi connectivity index (χ3v) is 6.58. The van der Waals surface area contributed by atoms with E-state index in [0.717, 1.165) is 24.7 Å². The second kappa shape index (κ2) is 10.8. The van der Waals surface area contributed by atoms with Crippen molar-refractivity contribution in [3.8, 4) is 5.69 Å². The molecule has 178 valence electrons. The zero-order chi connectivity index (χ0) is 24.1. The maximum Gasteiger partial charge on any atom is 0.232 e. The molecule has 0 spiro atoms. The van der Waals surface area contributed by atoms with Crippen molar-refractivity contribution in [1.29, 1.82) is 0 Å². The van der Waals surface area contributed by atoms with E-state index in [-0.39, 0.29) is 22.9 Å². The zero-order valence-electron chi connectivity index (χ0n) is 19.6. The fourth-order valence-electron chi connectivity index (χ4n) is 3.56. The average Bonchev–Trinajstić information content (AvgIpc) is 3.28. The highest BCUT2D eigenvalue weighted by atomic mass is 32.2. The lowest BCUT2D eigenvalue weighted by molar-refractivity contribution is -0.118. The van der Waals surface area contributed by atoms with Gasteiger partial charge in [-0.05, 0) is 43.3 Å². The first-order valence-corrected chi connectivity index (χ1v) is 12.3. The molecule has 1 N–H and O–H groups in total. The lowest BCUT2D eigenvalue weighted by atomic mass is 10.1. The number of anilines is 2. The SMILES string of the molecule is CC(C)C(=O)Nc1ccc(C(=O)C(C)Sc2nnc(N3CCOCC3)n2-c2ccccc2)cc1. The minimum atomic E-state index is -0.375. The smallest absolute Gasteiger partial charge is 0.232 e. The number of nitrogens with zero attached hydrogens (tertiary/aromatic N) is 4. The van der Waals surface area contributed by atoms with Gasteiger partial charge in [-0.3, -0.25) is 14.2 Å². The third-order valence-electron chi connectivity index (χ3n) is 5.54. The van der Waals surface area contributed by atoms with Crippen LogP contribution in [-0.4, -0.2) is 58.0 Å². The van der Waals surface area contributed by atoms with Crippen LogP contribution in [0.4, 0.5) is 11.6 Å². The van der Waals surface area contributed by atoms with Crippen LogP contribution in [0.1, 0.15) is 31.1 Å². The Morgan fingerprint density at radius 2 is 1.65 bits per heavy atom. The minimum Gasteiger partial charge on any atom is -0.378 e. The molecule has 4 rings (SSSR count). The van der Waals surface area contributed by atoms with Crippen molar-refractivity contribution in [1.82, 2.24) is 14.8 Å². The van der Waals surface area contributed by atoms with Crippen molar-refractivity contribution >= 4 is 35.1 Å². The van der Waals surface area contributed by atoms with Crippen LogP contribution in [-0.2, 0) is 9.53 Å². The normalized spacial score (nSPS) is 14.8. The maximum atomic E-state index is 13.2. The number of morpholine rings is 1. The minimum absolute atomic E-state index is 0.0118. The first-order chi connectivity index (χ1) is 16.4. The average molecular weight is 480 g/mol. The van der Waals surface area contributed by atoms with E-state index in [1.165, 1.54) is 11.8 Å². The first-order valence-electron chi connectivity index (χ1n) is 11.4. The molecule has 0 saturated carbocycles. The predicted octanol–water partition coefficient (Wildman–Crippen LogP) is 4.06. The van der Waals surface area contributed by atoms with E-state index in [9.17, 15) is 9.59 Å². The van der Waals surface area contributed by atoms with Gasteiger partial charge in [0.2, 0.25) is 11.9 Å². The summed E-state index contributed by atoms with van der Waals surface area (Å²) in [4.78, 5) is 27.2. The summed E-state index contributed by atoms with van der Waals surface area (Å²) < 4.78 is 7.49. The van der Waals surface area contributed by atoms with E-state index in [2.05, 4.69) is 20.4 Å². The molecule has 0 bridgehead atoms. The molecule has 0 radical (unpaired) electrons. The number of ketones is 1. The molecule has 1 unspecified atom stereocenters. The van der Waals surface area contributed by atoms with E-state index in [1.807, 2.05) is 55.7 Å². The number of amides is 1. The maximum absolute atomic E-state index is 13.2. The molecule has 2 heterocycles. The van der Waals surface area contributed by atoms with Gasteiger partial charge in [0.1, 0.15) is 0 Å². The molecule has 8 nitrogen and oxygen atoms in total. The molecular formula is C25H29N5O3S. The summed E-state index contributed by atoms with van der Waals surface area (Å²) in [6.07, 6.45) is 0. The highest BCUT2D eigenvalue weighted by Crippen LogP contribution is 2.31. The number of hydrogen-bond acceptors (Lipinski definition) is 7. The monoisotopic (exact) mass is 479 g/mol. The van der Waals surface area contributed by atoms with Crippen molar-refractivity contribution in [3.63, 3.8) is 0 Å². The lowest BCUT2D eigenvalue weighted by Crippen LogP contribution is -2.37. The molecule has 2 aromatic carbocycles. The van der Waals surface area contributed by atoms with E-state index >= 15 is 0 Å². The highest BCUT2D eigenvalue weighted by Gasteiger charge is 2.25. The van der Waals surface area contributed by atoms with Crippen molar-refractivity contribution in [2.24, 2.45) is 5.92 Å². The summed E-state index contributed by atoms with van der Waals surface area (Å²) in [7, 11) is 0. The molecule has 0 aliphatic carbocycles. The summed E-state index contributed by atoms with van der Waals surface area (Å²) in [6, 6.07) is 16.9. The summed E-state index contributed by atoms with van der Waals surface area (Å²) in [5.74, 6) is 0.575. The van der Waals surface area contributed by atoms with Crippen LogP contribution in [0.5, 0.6) is 0 Å². The number of thioether (sulfide) groups is 1. The van der Waals surface area contributed by atoms with E-state index < -0.39 is 0 Å². The fourth-order valence-corrected chi connectivity index (χ4v) is 4.50. The van der Waals surface area contributed by atoms with Gasteiger partial charge in [-0.15, -0.1) is 10.2 Å². The Morgan fingerprint density at radius 1 is 0.971 bits per heavy atom. The van der Waals surface area contributed by atoms with E-state index in [0.29, 0.717) is 29.6 Å². The molecule has 1 fully saturated rings. The van der Waals surface area contributed by atoms with Crippen LogP contribution in [0.3, 0.4) is 0 Å². The Labute approximate surface area is 203 Å². The van der Waals surface area contributed by atoms with Crippen LogP contribution < -0.4 is 10.2 Å². The van der Waals surface area contributed by atoms with Gasteiger partial charge >= 0.3 is 0 Å². The molecule has 1 saturated heterocycles. The molecule has 3 aromatic rings. The van der Waals surface area contributed by atoms with Gasteiger partial charge in [0, 0.05) is 30.3 Å². The molecule has 1 aliphatic rings. The lowest BCUT2D eigenvalue weighted by Gasteiger charge is -2.28. The van der Waals surface area contributed by atoms with Gasteiger partial charge < -0.3 is 15.0 Å². The molecule has 1 atom stereocenters. The number of benzene rings is 2. The Bertz CT molecular complexity index is 1130. The second-order valence-electron chi connectivity index (χ2n) is 8.40. The summed E-state index contributed by atoms with van der Waals surface area (Å²) in [5, 5.41) is 12.0. The van der Waals surface area contributed by atoms with Crippen LogP contribution in [0, 0.1) is 5.92 Å². The Morgan fingerprint density at radius 3 is 2.29 bits per heavy atom. The topological polar surface area (TPSA) is 89.3 Å². The predicted molar refractivity (Wildman–Crippen MR) is 134 cm³/mol. The van der Waals surface area contributed by atoms with Gasteiger partial charge in [0.05, 0.1) is 24.2 Å². The molecule has 1 aliphatic heterocycles. The van der Waals surface area contributed by atoms with Crippen molar-refractivity contribution in [3.05, 3.63) is 60.2 Å². The van der Waals surface area contributed by atoms with Gasteiger partial charge in [0.15, 0.2) is 10.9 Å². The van der Waals surface area contributed by atoms with E-state index in [1.54, 1.807) is 24.3 Å². The summed E-state index contributed by atoms with van der Waals surface area (Å²) in [5.41, 5.74) is 2.21. The standard InChI is InChI=1S/C25H29N5O3S/c1-17(2)23(32)26-20-11-9-19(10-12-20)22(31)18(3)34-25-28-27-24(29-13-15-33-16-14-29)30(25)21-7-5-4-6-8-21/h4-12,17-18H,13-16H2,1-3H3,(H,26,32). The molecule has 34 heavy (non-hydrogen) atoms. The Balaban J connectivity index is 1.53. The van der Waals surface area contributed by atoms with Crippen molar-refractivity contribution in [2.75, 3.05) is 36.5 Å². The Hall–Kier alpha value is -3.17. The number of carbonyl (C=O) groups excluding carboxylic acids is 2. The zero-order valence-corrected chi connectivity index (χ0v) is 20.4. The van der Waals surface area contributed by atoms with Crippen LogP contribution in [0.2, 0.25) is 0 Å². The molecular weight excluding hydrogens is 450 g/mol. The van der Waals surface area contributed by atoms with Gasteiger partial charge in [0.25, 0.3) is 0 Å². The van der Waals surface area contributed by atoms with Gasteiger partial charge in [-0.2, -0.15) is 0 Å². The van der Waals surface area contributed by atoms with Gasteiger partial charge in [-0.25, -0.2) is 0 Å². The van der Waals surface area contributed by atoms with E-state index in [4.69, 9.17) is 4.74 Å². The first kappa shape index (κ1) is 24.0. The summed E-state index contributed by atoms with van der Waals surface area (Å²) >= 11 is 1.38. The number of rotatable bonds is 8. The fraction of sp³-hybridized carbons (Fsp3) is 0.360. The largest absolute Gasteiger partial charge is 0.378 e. The number of carbonyl (C=O) groups is 2. The molecule has 1 aromatic heterocycles. The number of aromatic nitrogens is 3. The third kappa shape index (κ3) is 5.48. The molecule has 1 amide bonds.